The average Bonchev–Trinajstić information content (AvgIpc) is 2.78. The van der Waals surface area contributed by atoms with Gasteiger partial charge in [-0.2, -0.15) is 13.2 Å². The van der Waals surface area contributed by atoms with Crippen molar-refractivity contribution >= 4 is 18.3 Å². The third-order valence-corrected chi connectivity index (χ3v) is 3.44. The highest BCUT2D eigenvalue weighted by Crippen LogP contribution is 2.32. The summed E-state index contributed by atoms with van der Waals surface area (Å²) in [6, 6.07) is 4.06. The fraction of sp³-hybridized carbons (Fsp3) is 0.500. The van der Waals surface area contributed by atoms with Gasteiger partial charge in [0, 0.05) is 13.0 Å². The van der Waals surface area contributed by atoms with Crippen LogP contribution >= 0.6 is 12.4 Å². The summed E-state index contributed by atoms with van der Waals surface area (Å²) in [4.78, 5) is 11.7. The predicted molar refractivity (Wildman–Crippen MR) is 76.8 cm³/mol. The molecular formula is C14H16ClF5N2O. The maximum absolute atomic E-state index is 13.0. The second kappa shape index (κ2) is 7.44. The molecule has 1 aliphatic rings. The van der Waals surface area contributed by atoms with Crippen LogP contribution < -0.4 is 10.6 Å². The summed E-state index contributed by atoms with van der Waals surface area (Å²) >= 11 is 0. The lowest BCUT2D eigenvalue weighted by Crippen LogP contribution is -2.41. The number of carbonyl (C=O) groups excluding carboxylic acids is 1. The van der Waals surface area contributed by atoms with Gasteiger partial charge in [0.05, 0.1) is 18.2 Å². The zero-order valence-electron chi connectivity index (χ0n) is 11.9. The molecule has 1 aromatic rings. The second-order valence-corrected chi connectivity index (χ2v) is 5.19. The minimum Gasteiger partial charge on any atom is -0.354 e. The lowest BCUT2D eigenvalue weighted by Gasteiger charge is -2.14. The van der Waals surface area contributed by atoms with Crippen molar-refractivity contribution in [3.05, 3.63) is 35.4 Å². The number of benzene rings is 1. The van der Waals surface area contributed by atoms with E-state index in [-0.39, 0.29) is 30.9 Å². The molecule has 130 valence electrons. The molecule has 1 amide bonds. The fourth-order valence-electron chi connectivity index (χ4n) is 2.36. The molecule has 1 unspecified atom stereocenters. The third kappa shape index (κ3) is 5.31. The number of rotatable bonds is 4. The topological polar surface area (TPSA) is 41.1 Å². The quantitative estimate of drug-likeness (QED) is 0.813. The first-order valence-corrected chi connectivity index (χ1v) is 6.73. The van der Waals surface area contributed by atoms with Crippen LogP contribution in [0.5, 0.6) is 0 Å². The Balaban J connectivity index is 0.00000264. The lowest BCUT2D eigenvalue weighted by molar-refractivity contribution is -0.138. The van der Waals surface area contributed by atoms with Crippen LogP contribution in [-0.2, 0) is 17.4 Å². The molecule has 3 nitrogen and oxygen atoms in total. The molecule has 9 heteroatoms. The summed E-state index contributed by atoms with van der Waals surface area (Å²) in [6.45, 7) is -0.613. The van der Waals surface area contributed by atoms with E-state index in [0.29, 0.717) is 0 Å². The fourth-order valence-corrected chi connectivity index (χ4v) is 2.36. The summed E-state index contributed by atoms with van der Waals surface area (Å²) in [6.07, 6.45) is -5.09. The smallest absolute Gasteiger partial charge is 0.354 e. The average molecular weight is 359 g/mol. The molecule has 0 aromatic heterocycles. The van der Waals surface area contributed by atoms with Gasteiger partial charge < -0.3 is 5.32 Å². The first kappa shape index (κ1) is 19.6. The lowest BCUT2D eigenvalue weighted by atomic mass is 10.0. The first-order chi connectivity index (χ1) is 10.2. The first-order valence-electron chi connectivity index (χ1n) is 6.73. The zero-order valence-corrected chi connectivity index (χ0v) is 12.7. The van der Waals surface area contributed by atoms with Crippen LogP contribution in [0.2, 0.25) is 0 Å². The van der Waals surface area contributed by atoms with Crippen molar-refractivity contribution in [1.29, 1.82) is 0 Å². The van der Waals surface area contributed by atoms with Gasteiger partial charge in [0.25, 0.3) is 5.92 Å². The Hall–Kier alpha value is -1.41. The Labute approximate surface area is 136 Å². The van der Waals surface area contributed by atoms with Crippen LogP contribution in [-0.4, -0.2) is 31.0 Å². The molecule has 1 fully saturated rings. The number of nitrogens with one attached hydrogen (secondary N) is 2. The minimum absolute atomic E-state index is 0. The highest BCUT2D eigenvalue weighted by molar-refractivity contribution is 5.85. The van der Waals surface area contributed by atoms with E-state index in [4.69, 9.17) is 0 Å². The van der Waals surface area contributed by atoms with Crippen LogP contribution in [0.3, 0.4) is 0 Å². The SMILES string of the molecule is Cl.O=C(NCCc1ccccc1C(F)(F)F)C1CC(F)(F)CN1. The van der Waals surface area contributed by atoms with Gasteiger partial charge in [-0.1, -0.05) is 18.2 Å². The number of alkyl halides is 5. The monoisotopic (exact) mass is 358 g/mol. The van der Waals surface area contributed by atoms with E-state index >= 15 is 0 Å². The van der Waals surface area contributed by atoms with Gasteiger partial charge in [-0.15, -0.1) is 12.4 Å². The minimum atomic E-state index is -4.46. The summed E-state index contributed by atoms with van der Waals surface area (Å²) in [5.41, 5.74) is -0.699. The normalized spacial score (nSPS) is 20.0. The highest BCUT2D eigenvalue weighted by Gasteiger charge is 2.42. The summed E-state index contributed by atoms with van der Waals surface area (Å²) in [5, 5.41) is 4.78. The molecule has 1 aromatic carbocycles. The Kier molecular flexibility index (Phi) is 6.35. The largest absolute Gasteiger partial charge is 0.416 e. The van der Waals surface area contributed by atoms with Gasteiger partial charge in [0.2, 0.25) is 5.91 Å². The standard InChI is InChI=1S/C14H15F5N2O.ClH/c15-13(16)7-11(21-8-13)12(22)20-6-5-9-3-1-2-4-10(9)14(17,18)19;/h1-4,11,21H,5-8H2,(H,20,22);1H. The molecule has 2 rings (SSSR count). The Morgan fingerprint density at radius 2 is 1.96 bits per heavy atom. The molecule has 1 saturated heterocycles. The van der Waals surface area contributed by atoms with Gasteiger partial charge in [-0.25, -0.2) is 8.78 Å². The van der Waals surface area contributed by atoms with Crippen molar-refractivity contribution in [2.75, 3.05) is 13.1 Å². The number of carbonyl (C=O) groups is 1. The molecule has 1 atom stereocenters. The Morgan fingerprint density at radius 1 is 1.30 bits per heavy atom. The van der Waals surface area contributed by atoms with E-state index in [1.54, 1.807) is 0 Å². The zero-order chi connectivity index (χ0) is 16.4. The van der Waals surface area contributed by atoms with Crippen molar-refractivity contribution in [1.82, 2.24) is 10.6 Å². The number of hydrogen-bond acceptors (Lipinski definition) is 2. The molecule has 0 radical (unpaired) electrons. The van der Waals surface area contributed by atoms with Crippen LogP contribution in [0, 0.1) is 0 Å². The maximum atomic E-state index is 13.0. The molecule has 1 aliphatic heterocycles. The Morgan fingerprint density at radius 3 is 2.52 bits per heavy atom. The van der Waals surface area contributed by atoms with Crippen molar-refractivity contribution < 1.29 is 26.7 Å². The summed E-state index contributed by atoms with van der Waals surface area (Å²) < 4.78 is 64.3. The van der Waals surface area contributed by atoms with Crippen molar-refractivity contribution in [3.63, 3.8) is 0 Å². The Bertz CT molecular complexity index is 550. The summed E-state index contributed by atoms with van der Waals surface area (Å²) in [5.74, 6) is -3.55. The van der Waals surface area contributed by atoms with E-state index in [0.717, 1.165) is 6.07 Å². The van der Waals surface area contributed by atoms with E-state index in [1.807, 2.05) is 0 Å². The van der Waals surface area contributed by atoms with Crippen molar-refractivity contribution in [3.8, 4) is 0 Å². The molecule has 1 heterocycles. The van der Waals surface area contributed by atoms with Crippen molar-refractivity contribution in [2.45, 2.75) is 31.0 Å². The van der Waals surface area contributed by atoms with Crippen LogP contribution in [0.1, 0.15) is 17.5 Å². The molecule has 0 spiro atoms. The second-order valence-electron chi connectivity index (χ2n) is 5.19. The number of hydrogen-bond donors (Lipinski definition) is 2. The number of amides is 1. The van der Waals surface area contributed by atoms with E-state index in [9.17, 15) is 26.7 Å². The van der Waals surface area contributed by atoms with E-state index < -0.39 is 42.6 Å². The number of halogens is 6. The van der Waals surface area contributed by atoms with Crippen LogP contribution in [0.15, 0.2) is 24.3 Å². The predicted octanol–water partition coefficient (Wildman–Crippen LogP) is 2.78. The van der Waals surface area contributed by atoms with E-state index in [2.05, 4.69) is 10.6 Å². The molecular weight excluding hydrogens is 343 g/mol. The van der Waals surface area contributed by atoms with Gasteiger partial charge in [-0.05, 0) is 18.1 Å². The molecule has 2 N–H and O–H groups in total. The maximum Gasteiger partial charge on any atom is 0.416 e. The molecule has 0 bridgehead atoms. The van der Waals surface area contributed by atoms with E-state index in [1.165, 1.54) is 18.2 Å². The molecule has 0 aliphatic carbocycles. The van der Waals surface area contributed by atoms with Gasteiger partial charge in [-0.3, -0.25) is 10.1 Å². The highest BCUT2D eigenvalue weighted by atomic mass is 35.5. The third-order valence-electron chi connectivity index (χ3n) is 3.44. The summed E-state index contributed by atoms with van der Waals surface area (Å²) in [7, 11) is 0. The van der Waals surface area contributed by atoms with Gasteiger partial charge >= 0.3 is 6.18 Å². The van der Waals surface area contributed by atoms with Gasteiger partial charge in [0.1, 0.15) is 0 Å². The van der Waals surface area contributed by atoms with Crippen LogP contribution in [0.25, 0.3) is 0 Å². The van der Waals surface area contributed by atoms with Gasteiger partial charge in [0.15, 0.2) is 0 Å². The molecule has 23 heavy (non-hydrogen) atoms. The van der Waals surface area contributed by atoms with Crippen molar-refractivity contribution in [2.24, 2.45) is 0 Å². The van der Waals surface area contributed by atoms with Crippen LogP contribution in [0.4, 0.5) is 22.0 Å². The molecule has 0 saturated carbocycles.